The van der Waals surface area contributed by atoms with Crippen molar-refractivity contribution in [2.45, 2.75) is 26.7 Å². The molecule has 0 heterocycles. The van der Waals surface area contributed by atoms with Crippen molar-refractivity contribution in [3.63, 3.8) is 0 Å². The quantitative estimate of drug-likeness (QED) is 0.717. The van der Waals surface area contributed by atoms with Gasteiger partial charge in [-0.3, -0.25) is 9.52 Å². The second-order valence-corrected chi connectivity index (χ2v) is 8.55. The molecule has 0 aliphatic rings. The van der Waals surface area contributed by atoms with Gasteiger partial charge >= 0.3 is 0 Å². The third-order valence-electron chi connectivity index (χ3n) is 4.10. The molecule has 0 fully saturated rings. The summed E-state index contributed by atoms with van der Waals surface area (Å²) in [5.74, 6) is -0.423. The molecule has 7 heteroatoms. The highest BCUT2D eigenvalue weighted by Crippen LogP contribution is 2.20. The molecule has 0 spiro atoms. The Labute approximate surface area is 161 Å². The predicted octanol–water partition coefficient (Wildman–Crippen LogP) is 3.84. The van der Waals surface area contributed by atoms with Gasteiger partial charge in [0.25, 0.3) is 0 Å². The Bertz CT molecular complexity index is 877. The maximum atomic E-state index is 12.4. The highest BCUT2D eigenvalue weighted by atomic mass is 32.2. The van der Waals surface area contributed by atoms with Gasteiger partial charge in [-0.25, -0.2) is 8.42 Å². The molecule has 6 nitrogen and oxygen atoms in total. The van der Waals surface area contributed by atoms with Crippen molar-refractivity contribution >= 4 is 27.3 Å². The fourth-order valence-electron chi connectivity index (χ4n) is 2.53. The summed E-state index contributed by atoms with van der Waals surface area (Å²) < 4.78 is 32.3. The number of sulfonamides is 1. The molecular formula is C20H26N2O4S. The number of ether oxygens (including phenoxy) is 1. The Balaban J connectivity index is 1.97. The number of carbonyl (C=O) groups excluding carboxylic acids is 1. The van der Waals surface area contributed by atoms with E-state index in [0.29, 0.717) is 23.0 Å². The molecule has 0 radical (unpaired) electrons. The van der Waals surface area contributed by atoms with E-state index in [1.165, 1.54) is 12.7 Å². The van der Waals surface area contributed by atoms with Crippen LogP contribution in [0.15, 0.2) is 48.5 Å². The average Bonchev–Trinajstić information content (AvgIpc) is 2.61. The van der Waals surface area contributed by atoms with Gasteiger partial charge in [0.2, 0.25) is 15.9 Å². The zero-order valence-electron chi connectivity index (χ0n) is 16.0. The molecule has 27 heavy (non-hydrogen) atoms. The maximum Gasteiger partial charge on any atom is 0.233 e. The third kappa shape index (κ3) is 6.29. The fourth-order valence-corrected chi connectivity index (χ4v) is 3.91. The SMILES string of the molecule is COc1cccc(NS(=O)(=O)CC(C)C(=O)Nc2ccc(C(C)C)cc2)c1. The van der Waals surface area contributed by atoms with Gasteiger partial charge in [-0.05, 0) is 35.7 Å². The summed E-state index contributed by atoms with van der Waals surface area (Å²) in [5.41, 5.74) is 2.21. The van der Waals surface area contributed by atoms with Crippen molar-refractivity contribution in [2.24, 2.45) is 5.92 Å². The van der Waals surface area contributed by atoms with Crippen molar-refractivity contribution in [3.05, 3.63) is 54.1 Å². The number of nitrogens with one attached hydrogen (secondary N) is 2. The molecule has 2 N–H and O–H groups in total. The number of benzene rings is 2. The van der Waals surface area contributed by atoms with Gasteiger partial charge in [0, 0.05) is 11.8 Å². The van der Waals surface area contributed by atoms with Crippen LogP contribution in [0.5, 0.6) is 5.75 Å². The Hall–Kier alpha value is -2.54. The van der Waals surface area contributed by atoms with Gasteiger partial charge in [-0.15, -0.1) is 0 Å². The first kappa shape index (κ1) is 20.8. The first-order chi connectivity index (χ1) is 12.7. The van der Waals surface area contributed by atoms with Crippen LogP contribution in [-0.4, -0.2) is 27.2 Å². The van der Waals surface area contributed by atoms with Crippen molar-refractivity contribution in [3.8, 4) is 5.75 Å². The van der Waals surface area contributed by atoms with Crippen LogP contribution >= 0.6 is 0 Å². The van der Waals surface area contributed by atoms with E-state index in [1.54, 1.807) is 31.2 Å². The van der Waals surface area contributed by atoms with Crippen LogP contribution in [-0.2, 0) is 14.8 Å². The smallest absolute Gasteiger partial charge is 0.233 e. The molecule has 1 amide bonds. The number of methoxy groups -OCH3 is 1. The second kappa shape index (κ2) is 8.90. The van der Waals surface area contributed by atoms with Gasteiger partial charge < -0.3 is 10.1 Å². The molecule has 0 saturated carbocycles. The van der Waals surface area contributed by atoms with Gasteiger partial charge in [-0.1, -0.05) is 39.0 Å². The van der Waals surface area contributed by atoms with Gasteiger partial charge in [0.05, 0.1) is 24.5 Å². The normalized spacial score (nSPS) is 12.5. The van der Waals surface area contributed by atoms with Crippen LogP contribution < -0.4 is 14.8 Å². The molecule has 2 aromatic carbocycles. The van der Waals surface area contributed by atoms with Gasteiger partial charge in [-0.2, -0.15) is 0 Å². The number of rotatable bonds is 8. The van der Waals surface area contributed by atoms with Crippen molar-refractivity contribution in [1.29, 1.82) is 0 Å². The summed E-state index contributed by atoms with van der Waals surface area (Å²) in [7, 11) is -2.17. The Kier molecular flexibility index (Phi) is 6.85. The van der Waals surface area contributed by atoms with E-state index in [-0.39, 0.29) is 11.7 Å². The summed E-state index contributed by atoms with van der Waals surface area (Å²) in [5, 5.41) is 2.76. The number of anilines is 2. The minimum absolute atomic E-state index is 0.319. The molecule has 0 aliphatic carbocycles. The highest BCUT2D eigenvalue weighted by molar-refractivity contribution is 7.92. The van der Waals surface area contributed by atoms with E-state index < -0.39 is 15.9 Å². The minimum atomic E-state index is -3.68. The van der Waals surface area contributed by atoms with E-state index in [1.807, 2.05) is 24.3 Å². The molecule has 0 aromatic heterocycles. The monoisotopic (exact) mass is 390 g/mol. The summed E-state index contributed by atoms with van der Waals surface area (Å²) in [6, 6.07) is 14.2. The van der Waals surface area contributed by atoms with E-state index in [2.05, 4.69) is 23.9 Å². The number of carbonyl (C=O) groups is 1. The van der Waals surface area contributed by atoms with Crippen molar-refractivity contribution < 1.29 is 17.9 Å². The molecule has 0 bridgehead atoms. The Morgan fingerprint density at radius 1 is 1.04 bits per heavy atom. The molecular weight excluding hydrogens is 364 g/mol. The molecule has 0 saturated heterocycles. The molecule has 0 aliphatic heterocycles. The highest BCUT2D eigenvalue weighted by Gasteiger charge is 2.22. The van der Waals surface area contributed by atoms with Crippen LogP contribution in [0.1, 0.15) is 32.3 Å². The first-order valence-electron chi connectivity index (χ1n) is 8.75. The molecule has 146 valence electrons. The standard InChI is InChI=1S/C20H26N2O4S/c1-14(2)16-8-10-17(11-9-16)21-20(23)15(3)13-27(24,25)22-18-6-5-7-19(12-18)26-4/h5-12,14-15,22H,13H2,1-4H3,(H,21,23). The van der Waals surface area contributed by atoms with E-state index in [0.717, 1.165) is 0 Å². The van der Waals surface area contributed by atoms with Crippen LogP contribution in [0.4, 0.5) is 11.4 Å². The number of amides is 1. The Morgan fingerprint density at radius 2 is 1.70 bits per heavy atom. The lowest BCUT2D eigenvalue weighted by atomic mass is 10.0. The van der Waals surface area contributed by atoms with Crippen LogP contribution in [0.25, 0.3) is 0 Å². The lowest BCUT2D eigenvalue weighted by molar-refractivity contribution is -0.118. The largest absolute Gasteiger partial charge is 0.497 e. The van der Waals surface area contributed by atoms with E-state index >= 15 is 0 Å². The summed E-state index contributed by atoms with van der Waals surface area (Å²) in [4.78, 5) is 12.3. The summed E-state index contributed by atoms with van der Waals surface area (Å²) >= 11 is 0. The third-order valence-corrected chi connectivity index (χ3v) is 5.59. The van der Waals surface area contributed by atoms with Crippen LogP contribution in [0.3, 0.4) is 0 Å². The molecule has 2 aromatic rings. The van der Waals surface area contributed by atoms with Crippen LogP contribution in [0.2, 0.25) is 0 Å². The van der Waals surface area contributed by atoms with Crippen LogP contribution in [0, 0.1) is 5.92 Å². The summed E-state index contributed by atoms with van der Waals surface area (Å²) in [6.07, 6.45) is 0. The van der Waals surface area contributed by atoms with Crippen molar-refractivity contribution in [2.75, 3.05) is 22.9 Å². The zero-order valence-corrected chi connectivity index (χ0v) is 16.8. The first-order valence-corrected chi connectivity index (χ1v) is 10.4. The molecule has 2 rings (SSSR count). The lowest BCUT2D eigenvalue weighted by Gasteiger charge is -2.15. The zero-order chi connectivity index (χ0) is 20.0. The van der Waals surface area contributed by atoms with E-state index in [9.17, 15) is 13.2 Å². The van der Waals surface area contributed by atoms with Gasteiger partial charge in [0.15, 0.2) is 0 Å². The topological polar surface area (TPSA) is 84.5 Å². The molecule has 1 unspecified atom stereocenters. The van der Waals surface area contributed by atoms with Gasteiger partial charge in [0.1, 0.15) is 5.75 Å². The summed E-state index contributed by atoms with van der Waals surface area (Å²) in [6.45, 7) is 5.77. The maximum absolute atomic E-state index is 12.4. The second-order valence-electron chi connectivity index (χ2n) is 6.78. The molecule has 1 atom stereocenters. The fraction of sp³-hybridized carbons (Fsp3) is 0.350. The average molecular weight is 391 g/mol. The Morgan fingerprint density at radius 3 is 2.30 bits per heavy atom. The predicted molar refractivity (Wildman–Crippen MR) is 109 cm³/mol. The van der Waals surface area contributed by atoms with Crippen molar-refractivity contribution in [1.82, 2.24) is 0 Å². The number of hydrogen-bond donors (Lipinski definition) is 2. The van der Waals surface area contributed by atoms with E-state index in [4.69, 9.17) is 4.74 Å². The lowest BCUT2D eigenvalue weighted by Crippen LogP contribution is -2.29. The number of hydrogen-bond acceptors (Lipinski definition) is 4. The minimum Gasteiger partial charge on any atom is -0.497 e.